The van der Waals surface area contributed by atoms with Crippen molar-refractivity contribution in [2.45, 2.75) is 43.0 Å². The van der Waals surface area contributed by atoms with Gasteiger partial charge in [0.15, 0.2) is 0 Å². The maximum atomic E-state index is 13.7. The number of thioether (sulfide) groups is 1. The van der Waals surface area contributed by atoms with Crippen LogP contribution in [0.4, 0.5) is 11.4 Å². The van der Waals surface area contributed by atoms with Crippen LogP contribution in [0.3, 0.4) is 0 Å². The molecule has 1 saturated heterocycles. The zero-order valence-electron chi connectivity index (χ0n) is 21.5. The minimum atomic E-state index is -0.854. The molecule has 0 bridgehead atoms. The Hall–Kier alpha value is -3.12. The van der Waals surface area contributed by atoms with Gasteiger partial charge >= 0.3 is 10.8 Å². The summed E-state index contributed by atoms with van der Waals surface area (Å²) in [6.07, 6.45) is 0. The SMILES string of the molecule is CCOC(=O)c1ccc(N2C(=O)C3Sc4c(sc(=O)n4CC(=O)Nc4ccc(Cl)c(Cl)c4)C(C)(C)C3C2=O)cc1. The second kappa shape index (κ2) is 10.7. The van der Waals surface area contributed by atoms with E-state index in [1.807, 2.05) is 13.8 Å². The average Bonchev–Trinajstić information content (AvgIpc) is 3.35. The number of thiazole rings is 1. The molecule has 0 aliphatic carbocycles. The number of ether oxygens (including phenoxy) is 1. The lowest BCUT2D eigenvalue weighted by Gasteiger charge is -2.36. The van der Waals surface area contributed by atoms with Crippen LogP contribution in [0.2, 0.25) is 10.0 Å². The van der Waals surface area contributed by atoms with Crippen LogP contribution in [0.1, 0.15) is 36.0 Å². The second-order valence-corrected chi connectivity index (χ2v) is 12.7. The molecule has 0 saturated carbocycles. The molecule has 2 atom stereocenters. The van der Waals surface area contributed by atoms with E-state index in [9.17, 15) is 24.0 Å². The van der Waals surface area contributed by atoms with E-state index in [2.05, 4.69) is 5.32 Å². The number of amides is 3. The zero-order valence-corrected chi connectivity index (χ0v) is 24.7. The summed E-state index contributed by atoms with van der Waals surface area (Å²) in [7, 11) is 0. The standard InChI is InChI=1S/C27H23Cl2N3O6S2/c1-4-38-25(36)13-5-8-15(9-6-13)32-22(34)19-20(23(32)35)39-24-21(27(19,2)3)40-26(37)31(24)12-18(33)30-14-7-10-16(28)17(29)11-14/h5-11,19-20H,4,12H2,1-3H3,(H,30,33). The molecule has 1 aromatic heterocycles. The van der Waals surface area contributed by atoms with Crippen LogP contribution in [-0.2, 0) is 31.1 Å². The van der Waals surface area contributed by atoms with Crippen LogP contribution in [0.25, 0.3) is 0 Å². The summed E-state index contributed by atoms with van der Waals surface area (Å²) < 4.78 is 6.34. The quantitative estimate of drug-likeness (QED) is 0.306. The Morgan fingerprint density at radius 1 is 1.02 bits per heavy atom. The molecule has 5 rings (SSSR count). The van der Waals surface area contributed by atoms with Crippen LogP contribution in [0, 0.1) is 5.92 Å². The lowest BCUT2D eigenvalue weighted by Crippen LogP contribution is -2.41. The van der Waals surface area contributed by atoms with E-state index < -0.39 is 34.4 Å². The van der Waals surface area contributed by atoms with Crippen molar-refractivity contribution in [3.05, 3.63) is 72.6 Å². The molecule has 0 radical (unpaired) electrons. The van der Waals surface area contributed by atoms with Crippen molar-refractivity contribution in [1.82, 2.24) is 4.57 Å². The highest BCUT2D eigenvalue weighted by Gasteiger charge is 2.59. The molecule has 3 heterocycles. The molecule has 1 fully saturated rings. The molecular weight excluding hydrogens is 597 g/mol. The van der Waals surface area contributed by atoms with Gasteiger partial charge in [-0.25, -0.2) is 9.69 Å². The lowest BCUT2D eigenvalue weighted by molar-refractivity contribution is -0.123. The topological polar surface area (TPSA) is 115 Å². The highest BCUT2D eigenvalue weighted by Crippen LogP contribution is 2.54. The first-order chi connectivity index (χ1) is 18.9. The lowest BCUT2D eigenvalue weighted by atomic mass is 9.76. The number of fused-ring (bicyclic) bond motifs is 2. The Morgan fingerprint density at radius 2 is 1.73 bits per heavy atom. The molecule has 3 aromatic rings. The number of carbonyl (C=O) groups excluding carboxylic acids is 4. The van der Waals surface area contributed by atoms with Crippen molar-refractivity contribution in [2.24, 2.45) is 5.92 Å². The smallest absolute Gasteiger partial charge is 0.338 e. The third-order valence-corrected chi connectivity index (χ3v) is 10.4. The summed E-state index contributed by atoms with van der Waals surface area (Å²) in [5.74, 6) is -2.48. The number of esters is 1. The van der Waals surface area contributed by atoms with E-state index in [0.717, 1.165) is 28.0 Å². The number of hydrogen-bond donors (Lipinski definition) is 1. The second-order valence-electron chi connectivity index (χ2n) is 9.78. The molecule has 2 aromatic carbocycles. The predicted molar refractivity (Wildman–Crippen MR) is 155 cm³/mol. The fourth-order valence-electron chi connectivity index (χ4n) is 4.90. The van der Waals surface area contributed by atoms with Gasteiger partial charge in [0, 0.05) is 16.0 Å². The fourth-order valence-corrected chi connectivity index (χ4v) is 8.24. The van der Waals surface area contributed by atoms with Crippen LogP contribution in [0.5, 0.6) is 0 Å². The van der Waals surface area contributed by atoms with Gasteiger partial charge in [0.25, 0.3) is 0 Å². The molecule has 13 heteroatoms. The van der Waals surface area contributed by atoms with Gasteiger partial charge in [-0.2, -0.15) is 0 Å². The number of benzene rings is 2. The molecule has 2 aliphatic rings. The normalized spacial score (nSPS) is 19.3. The average molecular weight is 621 g/mol. The van der Waals surface area contributed by atoms with E-state index >= 15 is 0 Å². The molecule has 2 unspecified atom stereocenters. The Balaban J connectivity index is 1.42. The molecule has 0 spiro atoms. The Morgan fingerprint density at radius 3 is 2.38 bits per heavy atom. The number of hydrogen-bond acceptors (Lipinski definition) is 8. The van der Waals surface area contributed by atoms with Crippen molar-refractivity contribution < 1.29 is 23.9 Å². The van der Waals surface area contributed by atoms with Gasteiger partial charge in [0.05, 0.1) is 38.8 Å². The number of rotatable bonds is 6. The van der Waals surface area contributed by atoms with Gasteiger partial charge in [-0.15, -0.1) is 0 Å². The summed E-state index contributed by atoms with van der Waals surface area (Å²) in [5, 5.41) is 3.02. The number of nitrogens with zero attached hydrogens (tertiary/aromatic N) is 2. The summed E-state index contributed by atoms with van der Waals surface area (Å²) in [6.45, 7) is 5.31. The number of anilines is 2. The first-order valence-corrected chi connectivity index (χ1v) is 14.7. The first-order valence-electron chi connectivity index (χ1n) is 12.2. The van der Waals surface area contributed by atoms with Crippen molar-refractivity contribution in [2.75, 3.05) is 16.8 Å². The molecular formula is C27H23Cl2N3O6S2. The molecule has 3 amide bonds. The summed E-state index contributed by atoms with van der Waals surface area (Å²) in [6, 6.07) is 10.7. The summed E-state index contributed by atoms with van der Waals surface area (Å²) in [5.41, 5.74) is 0.218. The molecule has 1 N–H and O–H groups in total. The maximum Gasteiger partial charge on any atom is 0.338 e. The van der Waals surface area contributed by atoms with Crippen molar-refractivity contribution in [3.8, 4) is 0 Å². The Kier molecular flexibility index (Phi) is 7.60. The maximum absolute atomic E-state index is 13.7. The zero-order chi connectivity index (χ0) is 28.9. The van der Waals surface area contributed by atoms with Gasteiger partial charge in [0.2, 0.25) is 17.7 Å². The van der Waals surface area contributed by atoms with E-state index in [0.29, 0.717) is 31.9 Å². The van der Waals surface area contributed by atoms with E-state index in [4.69, 9.17) is 27.9 Å². The van der Waals surface area contributed by atoms with Gasteiger partial charge in [0.1, 0.15) is 11.8 Å². The fraction of sp³-hybridized carbons (Fsp3) is 0.296. The van der Waals surface area contributed by atoms with Crippen LogP contribution >= 0.6 is 46.3 Å². The van der Waals surface area contributed by atoms with Gasteiger partial charge in [-0.05, 0) is 49.4 Å². The highest BCUT2D eigenvalue weighted by atomic mass is 35.5. The van der Waals surface area contributed by atoms with E-state index in [1.54, 1.807) is 19.1 Å². The molecule has 2 aliphatic heterocycles. The van der Waals surface area contributed by atoms with Gasteiger partial charge in [-0.3, -0.25) is 23.7 Å². The van der Waals surface area contributed by atoms with Crippen molar-refractivity contribution in [1.29, 1.82) is 0 Å². The molecule has 40 heavy (non-hydrogen) atoms. The minimum absolute atomic E-state index is 0.228. The van der Waals surface area contributed by atoms with Gasteiger partial charge in [-0.1, -0.05) is 60.1 Å². The first kappa shape index (κ1) is 28.4. The van der Waals surface area contributed by atoms with Crippen molar-refractivity contribution in [3.63, 3.8) is 0 Å². The van der Waals surface area contributed by atoms with E-state index in [-0.39, 0.29) is 29.0 Å². The third-order valence-electron chi connectivity index (χ3n) is 6.85. The molecule has 9 nitrogen and oxygen atoms in total. The number of aromatic nitrogens is 1. The number of imide groups is 1. The number of carbonyl (C=O) groups is 4. The van der Waals surface area contributed by atoms with Crippen LogP contribution < -0.4 is 15.1 Å². The number of nitrogens with one attached hydrogen (secondary N) is 1. The predicted octanol–water partition coefficient (Wildman–Crippen LogP) is 4.97. The number of halogens is 2. The highest BCUT2D eigenvalue weighted by molar-refractivity contribution is 8.00. The Bertz CT molecular complexity index is 1620. The summed E-state index contributed by atoms with van der Waals surface area (Å²) >= 11 is 14.1. The van der Waals surface area contributed by atoms with E-state index in [1.165, 1.54) is 34.9 Å². The third kappa shape index (κ3) is 4.85. The van der Waals surface area contributed by atoms with Crippen molar-refractivity contribution >= 4 is 81.4 Å². The van der Waals surface area contributed by atoms with Crippen LogP contribution in [-0.4, -0.2) is 40.1 Å². The monoisotopic (exact) mass is 619 g/mol. The minimum Gasteiger partial charge on any atom is -0.462 e. The Labute approximate surface area is 247 Å². The van der Waals surface area contributed by atoms with Crippen LogP contribution in [0.15, 0.2) is 52.3 Å². The summed E-state index contributed by atoms with van der Waals surface area (Å²) in [4.78, 5) is 66.6. The van der Waals surface area contributed by atoms with Gasteiger partial charge < -0.3 is 10.1 Å². The molecule has 208 valence electrons. The largest absolute Gasteiger partial charge is 0.462 e.